The van der Waals surface area contributed by atoms with Crippen LogP contribution in [0.1, 0.15) is 37.3 Å². The van der Waals surface area contributed by atoms with Crippen LogP contribution in [0.5, 0.6) is 11.5 Å². The Bertz CT molecular complexity index is 777. The van der Waals surface area contributed by atoms with Crippen molar-refractivity contribution < 1.29 is 19.4 Å². The molecule has 2 heterocycles. The molecule has 128 valence electrons. The van der Waals surface area contributed by atoms with Crippen LogP contribution in [-0.2, 0) is 16.6 Å². The molecule has 1 spiro atoms. The van der Waals surface area contributed by atoms with Crippen LogP contribution < -0.4 is 9.47 Å². The zero-order valence-corrected chi connectivity index (χ0v) is 14.4. The highest BCUT2D eigenvalue weighted by atomic mass is 16.5. The minimum Gasteiger partial charge on any atom is -0.493 e. The van der Waals surface area contributed by atoms with E-state index in [1.165, 1.54) is 5.56 Å². The fourth-order valence-corrected chi connectivity index (χ4v) is 6.14. The van der Waals surface area contributed by atoms with Crippen LogP contribution in [0.25, 0.3) is 0 Å². The molecule has 2 fully saturated rings. The molecule has 1 unspecified atom stereocenters. The molecule has 5 nitrogen and oxygen atoms in total. The van der Waals surface area contributed by atoms with Crippen molar-refractivity contribution in [3.05, 3.63) is 23.3 Å². The van der Waals surface area contributed by atoms with E-state index in [-0.39, 0.29) is 11.8 Å². The molecule has 1 aromatic rings. The van der Waals surface area contributed by atoms with Gasteiger partial charge in [-0.15, -0.1) is 0 Å². The summed E-state index contributed by atoms with van der Waals surface area (Å²) in [6.45, 7) is 2.74. The smallest absolute Gasteiger partial charge is 0.177 e. The minimum absolute atomic E-state index is 0.0223. The van der Waals surface area contributed by atoms with E-state index in [0.717, 1.165) is 24.9 Å². The van der Waals surface area contributed by atoms with Gasteiger partial charge in [0.25, 0.3) is 0 Å². The Morgan fingerprint density at radius 1 is 1.38 bits per heavy atom. The molecule has 1 aromatic carbocycles. The first-order chi connectivity index (χ1) is 11.4. The third-order valence-corrected chi connectivity index (χ3v) is 7.32. The van der Waals surface area contributed by atoms with Crippen molar-refractivity contribution in [1.29, 1.82) is 0 Å². The third kappa shape index (κ3) is 1.25. The fourth-order valence-electron chi connectivity index (χ4n) is 6.14. The van der Waals surface area contributed by atoms with Crippen LogP contribution in [0.3, 0.4) is 0 Å². The molecule has 1 saturated heterocycles. The fraction of sp³-hybridized carbons (Fsp3) is 0.632. The van der Waals surface area contributed by atoms with Crippen LogP contribution in [0.4, 0.5) is 0 Å². The molecule has 24 heavy (non-hydrogen) atoms. The molecular formula is C19H23NO4. The summed E-state index contributed by atoms with van der Waals surface area (Å²) in [7, 11) is 3.70. The minimum atomic E-state index is -1.01. The number of ketones is 1. The van der Waals surface area contributed by atoms with Gasteiger partial charge >= 0.3 is 0 Å². The molecule has 0 aromatic heterocycles. The molecule has 4 aliphatic rings. The molecule has 4 atom stereocenters. The van der Waals surface area contributed by atoms with Gasteiger partial charge in [-0.1, -0.05) is 6.07 Å². The van der Waals surface area contributed by atoms with Gasteiger partial charge < -0.3 is 19.5 Å². The van der Waals surface area contributed by atoms with Gasteiger partial charge in [-0.2, -0.15) is 0 Å². The third-order valence-electron chi connectivity index (χ3n) is 7.32. The Hall–Kier alpha value is -1.59. The Kier molecular flexibility index (Phi) is 2.54. The first kappa shape index (κ1) is 14.7. The molecule has 1 saturated carbocycles. The van der Waals surface area contributed by atoms with E-state index in [0.29, 0.717) is 24.3 Å². The van der Waals surface area contributed by atoms with Crippen molar-refractivity contribution in [3.8, 4) is 11.5 Å². The Labute approximate surface area is 141 Å². The highest BCUT2D eigenvalue weighted by molar-refractivity contribution is 5.94. The maximum Gasteiger partial charge on any atom is 0.177 e. The van der Waals surface area contributed by atoms with Gasteiger partial charge in [-0.05, 0) is 51.4 Å². The topological polar surface area (TPSA) is 59.0 Å². The van der Waals surface area contributed by atoms with Gasteiger partial charge in [0, 0.05) is 18.0 Å². The SMILES string of the molecule is COc1ccc2c3c1OC1(C)C(=O)CC[C@@]4(O)[C@@H](C2)N(C)CC[C@]314. The lowest BCUT2D eigenvalue weighted by Crippen LogP contribution is -2.79. The second-order valence-corrected chi connectivity index (χ2v) is 7.97. The summed E-state index contributed by atoms with van der Waals surface area (Å²) in [4.78, 5) is 15.2. The number of likely N-dealkylation sites (N-methyl/N-ethyl adjacent to an activating group) is 1. The van der Waals surface area contributed by atoms with Crippen LogP contribution in [0.2, 0.25) is 0 Å². The van der Waals surface area contributed by atoms with Crippen LogP contribution >= 0.6 is 0 Å². The molecule has 5 rings (SSSR count). The van der Waals surface area contributed by atoms with E-state index in [1.54, 1.807) is 7.11 Å². The molecule has 0 amide bonds. The van der Waals surface area contributed by atoms with Gasteiger partial charge in [0.05, 0.1) is 18.1 Å². The lowest BCUT2D eigenvalue weighted by molar-refractivity contribution is -0.206. The molecule has 1 N–H and O–H groups in total. The monoisotopic (exact) mass is 329 g/mol. The van der Waals surface area contributed by atoms with Gasteiger partial charge in [0.2, 0.25) is 0 Å². The highest BCUT2D eigenvalue weighted by Crippen LogP contribution is 2.68. The van der Waals surface area contributed by atoms with Crippen LogP contribution in [0, 0.1) is 0 Å². The first-order valence-corrected chi connectivity index (χ1v) is 8.74. The second-order valence-electron chi connectivity index (χ2n) is 7.97. The van der Waals surface area contributed by atoms with Crippen LogP contribution in [0.15, 0.2) is 12.1 Å². The average molecular weight is 329 g/mol. The molecule has 2 aliphatic heterocycles. The quantitative estimate of drug-likeness (QED) is 0.845. The summed E-state index contributed by atoms with van der Waals surface area (Å²) in [5, 5.41) is 11.9. The van der Waals surface area contributed by atoms with Crippen molar-refractivity contribution in [2.45, 2.75) is 55.3 Å². The number of hydrogen-bond donors (Lipinski definition) is 1. The maximum atomic E-state index is 13.0. The van der Waals surface area contributed by atoms with Gasteiger partial charge in [-0.25, -0.2) is 0 Å². The number of hydrogen-bond acceptors (Lipinski definition) is 5. The van der Waals surface area contributed by atoms with Gasteiger partial charge in [0.15, 0.2) is 22.9 Å². The summed E-state index contributed by atoms with van der Waals surface area (Å²) in [5.41, 5.74) is -0.391. The molecule has 2 aliphatic carbocycles. The summed E-state index contributed by atoms with van der Waals surface area (Å²) in [6.07, 6.45) is 2.39. The van der Waals surface area contributed by atoms with Crippen molar-refractivity contribution >= 4 is 5.78 Å². The predicted octanol–water partition coefficient (Wildman–Crippen LogP) is 1.44. The Morgan fingerprint density at radius 2 is 2.17 bits per heavy atom. The maximum absolute atomic E-state index is 13.0. The normalized spacial score (nSPS) is 42.5. The van der Waals surface area contributed by atoms with Crippen molar-refractivity contribution in [1.82, 2.24) is 4.90 Å². The molecular weight excluding hydrogens is 306 g/mol. The van der Waals surface area contributed by atoms with Gasteiger partial charge in [-0.3, -0.25) is 4.79 Å². The number of methoxy groups -OCH3 is 1. The van der Waals surface area contributed by atoms with E-state index in [4.69, 9.17) is 9.47 Å². The number of carbonyl (C=O) groups is 1. The van der Waals surface area contributed by atoms with E-state index >= 15 is 0 Å². The number of piperidine rings is 1. The number of Topliss-reactive ketones (excluding diaryl/α,β-unsaturated/α-hetero) is 1. The van der Waals surface area contributed by atoms with Crippen molar-refractivity contribution in [2.75, 3.05) is 20.7 Å². The Balaban J connectivity index is 1.90. The predicted molar refractivity (Wildman–Crippen MR) is 87.6 cm³/mol. The van der Waals surface area contributed by atoms with Crippen molar-refractivity contribution in [3.63, 3.8) is 0 Å². The lowest BCUT2D eigenvalue weighted by atomic mass is 9.45. The summed E-state index contributed by atoms with van der Waals surface area (Å²) in [5.74, 6) is 1.43. The van der Waals surface area contributed by atoms with Crippen LogP contribution in [-0.4, -0.2) is 53.7 Å². The number of carbonyl (C=O) groups excluding carboxylic acids is 1. The number of benzene rings is 1. The second kappa shape index (κ2) is 4.14. The highest BCUT2D eigenvalue weighted by Gasteiger charge is 2.77. The summed E-state index contributed by atoms with van der Waals surface area (Å²) >= 11 is 0. The zero-order valence-electron chi connectivity index (χ0n) is 14.4. The number of likely N-dealkylation sites (tertiary alicyclic amines) is 1. The number of nitrogens with zero attached hydrogens (tertiary/aromatic N) is 1. The van der Waals surface area contributed by atoms with E-state index in [1.807, 2.05) is 13.0 Å². The number of aliphatic hydroxyl groups is 1. The van der Waals surface area contributed by atoms with Crippen molar-refractivity contribution in [2.24, 2.45) is 0 Å². The van der Waals surface area contributed by atoms with E-state index in [9.17, 15) is 9.90 Å². The largest absolute Gasteiger partial charge is 0.493 e. The zero-order chi connectivity index (χ0) is 16.9. The molecule has 0 radical (unpaired) electrons. The summed E-state index contributed by atoms with van der Waals surface area (Å²) in [6, 6.07) is 4.03. The number of ether oxygens (including phenoxy) is 2. The standard InChI is InChI=1S/C19H23NO4/c1-17-14(21)6-7-19(22)13-10-11-4-5-12(23-3)16(24-17)15(11)18(17,19)8-9-20(13)2/h4-5,13,22H,6-10H2,1-3H3/t13-,17?,18+,19-/m1/s1. The first-order valence-electron chi connectivity index (χ1n) is 8.74. The van der Waals surface area contributed by atoms with Gasteiger partial charge in [0.1, 0.15) is 0 Å². The summed E-state index contributed by atoms with van der Waals surface area (Å²) < 4.78 is 11.9. The van der Waals surface area contributed by atoms with E-state index < -0.39 is 16.6 Å². The van der Waals surface area contributed by atoms with E-state index in [2.05, 4.69) is 18.0 Å². The molecule has 2 bridgehead atoms. The lowest BCUT2D eigenvalue weighted by Gasteiger charge is -2.64. The Morgan fingerprint density at radius 3 is 2.92 bits per heavy atom. The molecule has 5 heteroatoms. The average Bonchev–Trinajstić information content (AvgIpc) is 2.84. The number of rotatable bonds is 1.